The second-order valence-electron chi connectivity index (χ2n) is 8.22. The summed E-state index contributed by atoms with van der Waals surface area (Å²) in [7, 11) is 3.23. The van der Waals surface area contributed by atoms with Crippen molar-refractivity contribution in [3.05, 3.63) is 34.4 Å². The molecule has 0 bridgehead atoms. The van der Waals surface area contributed by atoms with Gasteiger partial charge in [-0.1, -0.05) is 17.7 Å². The summed E-state index contributed by atoms with van der Waals surface area (Å²) in [4.78, 5) is 21.2. The monoisotopic (exact) mass is 406 g/mol. The summed E-state index contributed by atoms with van der Waals surface area (Å²) in [6.07, 6.45) is 0.381. The van der Waals surface area contributed by atoms with Crippen molar-refractivity contribution in [2.75, 3.05) is 47.3 Å². The fourth-order valence-corrected chi connectivity index (χ4v) is 5.19. The summed E-state index contributed by atoms with van der Waals surface area (Å²) < 4.78 is 10.4. The molecule has 3 rings (SSSR count). The summed E-state index contributed by atoms with van der Waals surface area (Å²) in [5, 5.41) is 13.2. The van der Waals surface area contributed by atoms with Gasteiger partial charge in [-0.05, 0) is 50.3 Å². The number of ether oxygens (including phenoxy) is 2. The van der Waals surface area contributed by atoms with Gasteiger partial charge in [-0.15, -0.1) is 0 Å². The minimum absolute atomic E-state index is 0.113. The molecule has 2 atom stereocenters. The molecular formula is C22H34N2O5. The molecule has 2 heterocycles. The Balaban J connectivity index is 1.95. The number of carbonyl (C=O) groups excluding carboxylic acids is 1. The normalized spacial score (nSPS) is 25.2. The first-order valence-corrected chi connectivity index (χ1v) is 10.3. The highest BCUT2D eigenvalue weighted by Crippen LogP contribution is 2.46. The molecule has 1 aromatic rings. The van der Waals surface area contributed by atoms with E-state index in [2.05, 4.69) is 19.1 Å². The van der Waals surface area contributed by atoms with Gasteiger partial charge in [0.05, 0.1) is 25.2 Å². The van der Waals surface area contributed by atoms with Crippen molar-refractivity contribution >= 4 is 5.78 Å². The van der Waals surface area contributed by atoms with Crippen molar-refractivity contribution in [3.8, 4) is 0 Å². The van der Waals surface area contributed by atoms with E-state index in [1.165, 1.54) is 0 Å². The Morgan fingerprint density at radius 1 is 1.14 bits per heavy atom. The average molecular weight is 407 g/mol. The largest absolute Gasteiger partial charge is 0.377 e. The molecule has 162 valence electrons. The number of hydrogen-bond donors (Lipinski definition) is 1. The predicted molar refractivity (Wildman–Crippen MR) is 109 cm³/mol. The molecule has 0 radical (unpaired) electrons. The summed E-state index contributed by atoms with van der Waals surface area (Å²) in [6.45, 7) is 8.49. The predicted octanol–water partition coefficient (Wildman–Crippen LogP) is 1.92. The lowest BCUT2D eigenvalue weighted by Crippen LogP contribution is -2.57. The molecule has 2 fully saturated rings. The number of nitrogens with zero attached hydrogens (tertiary/aromatic N) is 2. The Kier molecular flexibility index (Phi) is 7.09. The fraction of sp³-hybridized carbons (Fsp3) is 0.682. The topological polar surface area (TPSA) is 71.5 Å². The zero-order valence-electron chi connectivity index (χ0n) is 18.2. The molecule has 0 aromatic heterocycles. The van der Waals surface area contributed by atoms with Gasteiger partial charge < -0.3 is 19.4 Å². The first-order valence-electron chi connectivity index (χ1n) is 10.3. The Bertz CT molecular complexity index is 707. The first kappa shape index (κ1) is 22.3. The lowest BCUT2D eigenvalue weighted by atomic mass is 9.78. The standard InChI is InChI=1S/C22H34N2O5/c1-15-12-16(2)18(17(3)13-15)19-20(25)22(6-8-23(28-5)9-7-22)24(21(19)26)10-11-29-14-27-4/h12-13,19,21,26H,6-11,14H2,1-5H3. The number of Topliss-reactive ketones (excluding diaryl/α,β-unsaturated/α-hetero) is 1. The number of ketones is 1. The molecule has 7 nitrogen and oxygen atoms in total. The fourth-order valence-electron chi connectivity index (χ4n) is 5.19. The van der Waals surface area contributed by atoms with Crippen LogP contribution in [0.15, 0.2) is 12.1 Å². The van der Waals surface area contributed by atoms with Gasteiger partial charge in [0.2, 0.25) is 0 Å². The molecule has 2 saturated heterocycles. The second-order valence-corrected chi connectivity index (χ2v) is 8.22. The van der Waals surface area contributed by atoms with Gasteiger partial charge in [0.15, 0.2) is 5.78 Å². The van der Waals surface area contributed by atoms with Gasteiger partial charge in [-0.25, -0.2) is 0 Å². The number of rotatable bonds is 7. The lowest BCUT2D eigenvalue weighted by Gasteiger charge is -2.43. The number of benzene rings is 1. The molecule has 1 aromatic carbocycles. The Labute approximate surface area is 173 Å². The summed E-state index contributed by atoms with van der Waals surface area (Å²) in [6, 6.07) is 4.18. The van der Waals surface area contributed by atoms with Crippen LogP contribution in [0.4, 0.5) is 0 Å². The molecule has 1 spiro atoms. The van der Waals surface area contributed by atoms with Crippen molar-refractivity contribution in [2.24, 2.45) is 0 Å². The molecule has 2 aliphatic heterocycles. The van der Waals surface area contributed by atoms with Gasteiger partial charge in [-0.3, -0.25) is 9.69 Å². The number of hydrogen-bond acceptors (Lipinski definition) is 7. The lowest BCUT2D eigenvalue weighted by molar-refractivity contribution is -0.171. The number of aryl methyl sites for hydroxylation is 3. The van der Waals surface area contributed by atoms with Crippen LogP contribution in [0.25, 0.3) is 0 Å². The van der Waals surface area contributed by atoms with E-state index in [9.17, 15) is 9.90 Å². The molecule has 2 aliphatic rings. The third kappa shape index (κ3) is 4.13. The van der Waals surface area contributed by atoms with Crippen LogP contribution in [0.1, 0.15) is 41.0 Å². The number of piperidine rings is 1. The van der Waals surface area contributed by atoms with Crippen molar-refractivity contribution in [3.63, 3.8) is 0 Å². The SMILES string of the molecule is COCOCCN1C(O)C(c2c(C)cc(C)cc2C)C(=O)C12CCN(OC)CC2. The summed E-state index contributed by atoms with van der Waals surface area (Å²) in [5.74, 6) is -0.435. The number of aliphatic hydroxyl groups is 1. The molecule has 2 unspecified atom stereocenters. The average Bonchev–Trinajstić information content (AvgIpc) is 2.87. The van der Waals surface area contributed by atoms with Gasteiger partial charge in [0.1, 0.15) is 13.0 Å². The Morgan fingerprint density at radius 2 is 1.76 bits per heavy atom. The molecule has 7 heteroatoms. The highest BCUT2D eigenvalue weighted by atomic mass is 16.7. The maximum Gasteiger partial charge on any atom is 0.164 e. The first-order chi connectivity index (χ1) is 13.9. The maximum atomic E-state index is 13.9. The van der Waals surface area contributed by atoms with Crippen LogP contribution in [0, 0.1) is 20.8 Å². The van der Waals surface area contributed by atoms with Crippen LogP contribution in [0.5, 0.6) is 0 Å². The number of carbonyl (C=O) groups is 1. The number of aliphatic hydroxyl groups excluding tert-OH is 1. The number of hydroxylamine groups is 2. The highest BCUT2D eigenvalue weighted by Gasteiger charge is 2.59. The van der Waals surface area contributed by atoms with E-state index < -0.39 is 17.7 Å². The van der Waals surface area contributed by atoms with Gasteiger partial charge in [-0.2, -0.15) is 5.06 Å². The third-order valence-corrected chi connectivity index (χ3v) is 6.44. The Hall–Kier alpha value is -1.35. The minimum Gasteiger partial charge on any atom is -0.377 e. The molecular weight excluding hydrogens is 372 g/mol. The van der Waals surface area contributed by atoms with Gasteiger partial charge in [0, 0.05) is 26.7 Å². The van der Waals surface area contributed by atoms with E-state index in [4.69, 9.17) is 14.3 Å². The zero-order valence-corrected chi connectivity index (χ0v) is 18.2. The van der Waals surface area contributed by atoms with Crippen LogP contribution in [-0.2, 0) is 19.1 Å². The minimum atomic E-state index is -0.872. The van der Waals surface area contributed by atoms with E-state index in [-0.39, 0.29) is 12.6 Å². The third-order valence-electron chi connectivity index (χ3n) is 6.44. The Morgan fingerprint density at radius 3 is 2.31 bits per heavy atom. The molecule has 0 saturated carbocycles. The van der Waals surface area contributed by atoms with Gasteiger partial charge >= 0.3 is 0 Å². The van der Waals surface area contributed by atoms with Crippen LogP contribution in [0.3, 0.4) is 0 Å². The number of methoxy groups -OCH3 is 1. The van der Waals surface area contributed by atoms with Crippen LogP contribution in [0.2, 0.25) is 0 Å². The van der Waals surface area contributed by atoms with Crippen LogP contribution in [-0.4, -0.2) is 79.9 Å². The van der Waals surface area contributed by atoms with Crippen LogP contribution < -0.4 is 0 Å². The molecule has 1 N–H and O–H groups in total. The van der Waals surface area contributed by atoms with Crippen molar-refractivity contribution < 1.29 is 24.2 Å². The van der Waals surface area contributed by atoms with Crippen molar-refractivity contribution in [1.82, 2.24) is 9.96 Å². The zero-order chi connectivity index (χ0) is 21.2. The van der Waals surface area contributed by atoms with Crippen molar-refractivity contribution in [1.29, 1.82) is 0 Å². The highest BCUT2D eigenvalue weighted by molar-refractivity contribution is 5.97. The van der Waals surface area contributed by atoms with E-state index in [1.54, 1.807) is 14.2 Å². The summed E-state index contributed by atoms with van der Waals surface area (Å²) >= 11 is 0. The van der Waals surface area contributed by atoms with Crippen LogP contribution >= 0.6 is 0 Å². The quantitative estimate of drug-likeness (QED) is 0.548. The molecule has 0 aliphatic carbocycles. The van der Waals surface area contributed by atoms with E-state index >= 15 is 0 Å². The van der Waals surface area contributed by atoms with Gasteiger partial charge in [0.25, 0.3) is 0 Å². The molecule has 0 amide bonds. The maximum absolute atomic E-state index is 13.9. The summed E-state index contributed by atoms with van der Waals surface area (Å²) in [5.41, 5.74) is 3.54. The second kappa shape index (κ2) is 9.20. The van der Waals surface area contributed by atoms with E-state index in [0.29, 0.717) is 39.1 Å². The van der Waals surface area contributed by atoms with E-state index in [0.717, 1.165) is 22.3 Å². The van der Waals surface area contributed by atoms with Crippen molar-refractivity contribution in [2.45, 2.75) is 51.3 Å². The smallest absolute Gasteiger partial charge is 0.164 e. The molecule has 29 heavy (non-hydrogen) atoms. The van der Waals surface area contributed by atoms with E-state index in [1.807, 2.05) is 23.8 Å². The number of likely N-dealkylation sites (tertiary alicyclic amines) is 1.